The predicted octanol–water partition coefficient (Wildman–Crippen LogP) is 5.64. The molecule has 0 bridgehead atoms. The standard InChI is InChI=1S/C19H19NO2S/c1-14(2)15-6-8-16(9-7-15)22-18-5-3-4-17(12-18)21-13-19-20-10-11-23-19/h3-12,14H,13H2,1-2H3. The highest BCUT2D eigenvalue weighted by atomic mass is 32.1. The van der Waals surface area contributed by atoms with Crippen LogP contribution in [0.2, 0.25) is 0 Å². The lowest BCUT2D eigenvalue weighted by molar-refractivity contribution is 0.304. The molecule has 118 valence electrons. The van der Waals surface area contributed by atoms with E-state index in [-0.39, 0.29) is 0 Å². The van der Waals surface area contributed by atoms with Crippen molar-refractivity contribution in [1.82, 2.24) is 4.98 Å². The highest BCUT2D eigenvalue weighted by Gasteiger charge is 2.03. The minimum Gasteiger partial charge on any atom is -0.486 e. The first-order valence-corrected chi connectivity index (χ1v) is 8.48. The first-order chi connectivity index (χ1) is 11.2. The third kappa shape index (κ3) is 4.33. The van der Waals surface area contributed by atoms with Gasteiger partial charge in [-0.3, -0.25) is 0 Å². The van der Waals surface area contributed by atoms with Crippen LogP contribution < -0.4 is 9.47 Å². The Labute approximate surface area is 140 Å². The number of hydrogen-bond donors (Lipinski definition) is 0. The van der Waals surface area contributed by atoms with Gasteiger partial charge in [-0.05, 0) is 35.7 Å². The van der Waals surface area contributed by atoms with Crippen molar-refractivity contribution in [2.75, 3.05) is 0 Å². The predicted molar refractivity (Wildman–Crippen MR) is 93.5 cm³/mol. The number of thiazole rings is 1. The smallest absolute Gasteiger partial charge is 0.140 e. The topological polar surface area (TPSA) is 31.4 Å². The van der Waals surface area contributed by atoms with E-state index < -0.39 is 0 Å². The van der Waals surface area contributed by atoms with Crippen LogP contribution in [0.15, 0.2) is 60.1 Å². The van der Waals surface area contributed by atoms with E-state index in [0.29, 0.717) is 12.5 Å². The number of nitrogens with zero attached hydrogens (tertiary/aromatic N) is 1. The molecule has 0 saturated heterocycles. The average Bonchev–Trinajstić information content (AvgIpc) is 3.07. The molecule has 0 aliphatic carbocycles. The maximum atomic E-state index is 5.90. The molecule has 0 aliphatic rings. The fourth-order valence-corrected chi connectivity index (χ4v) is 2.68. The third-order valence-electron chi connectivity index (χ3n) is 3.43. The van der Waals surface area contributed by atoms with Crippen LogP contribution in [0.4, 0.5) is 0 Å². The number of hydrogen-bond acceptors (Lipinski definition) is 4. The zero-order chi connectivity index (χ0) is 16.1. The summed E-state index contributed by atoms with van der Waals surface area (Å²) in [5.74, 6) is 2.88. The van der Waals surface area contributed by atoms with Crippen molar-refractivity contribution in [3.63, 3.8) is 0 Å². The summed E-state index contributed by atoms with van der Waals surface area (Å²) in [5.41, 5.74) is 1.30. The van der Waals surface area contributed by atoms with E-state index in [1.807, 2.05) is 41.8 Å². The molecule has 0 radical (unpaired) electrons. The van der Waals surface area contributed by atoms with E-state index in [0.717, 1.165) is 22.3 Å². The molecule has 1 heterocycles. The Kier molecular flexibility index (Phi) is 4.93. The minimum absolute atomic E-state index is 0.476. The lowest BCUT2D eigenvalue weighted by Crippen LogP contribution is -1.94. The first-order valence-electron chi connectivity index (χ1n) is 7.60. The van der Waals surface area contributed by atoms with Crippen LogP contribution in [0, 0.1) is 0 Å². The molecule has 3 nitrogen and oxygen atoms in total. The summed E-state index contributed by atoms with van der Waals surface area (Å²) in [6.45, 7) is 4.84. The largest absolute Gasteiger partial charge is 0.486 e. The molecule has 0 amide bonds. The number of rotatable bonds is 6. The van der Waals surface area contributed by atoms with Crippen LogP contribution in [0.1, 0.15) is 30.3 Å². The van der Waals surface area contributed by atoms with E-state index >= 15 is 0 Å². The van der Waals surface area contributed by atoms with Crippen LogP contribution in [0.25, 0.3) is 0 Å². The van der Waals surface area contributed by atoms with Crippen molar-refractivity contribution in [2.24, 2.45) is 0 Å². The van der Waals surface area contributed by atoms with Gasteiger partial charge in [-0.1, -0.05) is 32.0 Å². The molecular weight excluding hydrogens is 306 g/mol. The van der Waals surface area contributed by atoms with Gasteiger partial charge in [-0.25, -0.2) is 4.98 Å². The maximum absolute atomic E-state index is 5.90. The van der Waals surface area contributed by atoms with Gasteiger partial charge in [-0.15, -0.1) is 11.3 Å². The van der Waals surface area contributed by atoms with Gasteiger partial charge in [0.15, 0.2) is 0 Å². The van der Waals surface area contributed by atoms with Gasteiger partial charge in [0.05, 0.1) is 0 Å². The van der Waals surface area contributed by atoms with Gasteiger partial charge in [0, 0.05) is 17.6 Å². The van der Waals surface area contributed by atoms with Crippen molar-refractivity contribution >= 4 is 11.3 Å². The third-order valence-corrected chi connectivity index (χ3v) is 4.19. The number of aromatic nitrogens is 1. The Balaban J connectivity index is 1.64. The van der Waals surface area contributed by atoms with E-state index in [1.54, 1.807) is 17.5 Å². The molecule has 0 fully saturated rings. The monoisotopic (exact) mass is 325 g/mol. The molecule has 0 N–H and O–H groups in total. The first kappa shape index (κ1) is 15.6. The fraction of sp³-hybridized carbons (Fsp3) is 0.211. The highest BCUT2D eigenvalue weighted by Crippen LogP contribution is 2.27. The molecule has 23 heavy (non-hydrogen) atoms. The highest BCUT2D eigenvalue weighted by molar-refractivity contribution is 7.09. The van der Waals surface area contributed by atoms with Crippen molar-refractivity contribution in [3.05, 3.63) is 70.7 Å². The molecule has 0 unspecified atom stereocenters. The summed E-state index contributed by atoms with van der Waals surface area (Å²) in [7, 11) is 0. The maximum Gasteiger partial charge on any atom is 0.140 e. The van der Waals surface area contributed by atoms with Gasteiger partial charge < -0.3 is 9.47 Å². The molecule has 3 aromatic rings. The van der Waals surface area contributed by atoms with Crippen LogP contribution in [0.5, 0.6) is 17.2 Å². The van der Waals surface area contributed by atoms with Gasteiger partial charge in [0.2, 0.25) is 0 Å². The zero-order valence-corrected chi connectivity index (χ0v) is 14.0. The summed E-state index contributed by atoms with van der Waals surface area (Å²) in [6.07, 6.45) is 1.78. The summed E-state index contributed by atoms with van der Waals surface area (Å²) in [4.78, 5) is 4.21. The summed E-state index contributed by atoms with van der Waals surface area (Å²) < 4.78 is 11.6. The van der Waals surface area contributed by atoms with Crippen molar-refractivity contribution in [3.8, 4) is 17.2 Å². The molecule has 1 aromatic heterocycles. The summed E-state index contributed by atoms with van der Waals surface area (Å²) in [5, 5.41) is 2.90. The fourth-order valence-electron chi connectivity index (χ4n) is 2.15. The van der Waals surface area contributed by atoms with Crippen molar-refractivity contribution in [2.45, 2.75) is 26.4 Å². The van der Waals surface area contributed by atoms with Gasteiger partial charge >= 0.3 is 0 Å². The Hall–Kier alpha value is -2.33. The number of ether oxygens (including phenoxy) is 2. The average molecular weight is 325 g/mol. The minimum atomic E-state index is 0.476. The van der Waals surface area contributed by atoms with Crippen LogP contribution in [-0.2, 0) is 6.61 Å². The number of benzene rings is 2. The quantitative estimate of drug-likeness (QED) is 0.588. The second-order valence-corrected chi connectivity index (χ2v) is 6.49. The van der Waals surface area contributed by atoms with Crippen molar-refractivity contribution < 1.29 is 9.47 Å². The van der Waals surface area contributed by atoms with Gasteiger partial charge in [0.25, 0.3) is 0 Å². The lowest BCUT2D eigenvalue weighted by atomic mass is 10.0. The second-order valence-electron chi connectivity index (χ2n) is 5.52. The van der Waals surface area contributed by atoms with Crippen molar-refractivity contribution in [1.29, 1.82) is 0 Å². The SMILES string of the molecule is CC(C)c1ccc(Oc2cccc(OCc3nccs3)c2)cc1. The van der Waals surface area contributed by atoms with E-state index in [2.05, 4.69) is 31.0 Å². The van der Waals surface area contributed by atoms with Crippen LogP contribution in [-0.4, -0.2) is 4.98 Å². The molecule has 2 aromatic carbocycles. The Morgan fingerprint density at radius 3 is 2.48 bits per heavy atom. The summed E-state index contributed by atoms with van der Waals surface area (Å²) in [6, 6.07) is 15.9. The zero-order valence-electron chi connectivity index (χ0n) is 13.2. The molecule has 4 heteroatoms. The van der Waals surface area contributed by atoms with E-state index in [9.17, 15) is 0 Å². The van der Waals surface area contributed by atoms with E-state index in [1.165, 1.54) is 5.56 Å². The Morgan fingerprint density at radius 2 is 1.78 bits per heavy atom. The molecule has 0 atom stereocenters. The normalized spacial score (nSPS) is 10.7. The molecule has 3 rings (SSSR count). The lowest BCUT2D eigenvalue weighted by Gasteiger charge is -2.10. The second kappa shape index (κ2) is 7.29. The van der Waals surface area contributed by atoms with E-state index in [4.69, 9.17) is 9.47 Å². The Bertz CT molecular complexity index is 736. The molecule has 0 spiro atoms. The molecular formula is C19H19NO2S. The summed E-state index contributed by atoms with van der Waals surface area (Å²) >= 11 is 1.59. The Morgan fingerprint density at radius 1 is 1.00 bits per heavy atom. The molecule has 0 aliphatic heterocycles. The van der Waals surface area contributed by atoms with Gasteiger partial charge in [-0.2, -0.15) is 0 Å². The van der Waals surface area contributed by atoms with Crippen LogP contribution in [0.3, 0.4) is 0 Å². The molecule has 0 saturated carbocycles. The van der Waals surface area contributed by atoms with Crippen LogP contribution >= 0.6 is 11.3 Å². The van der Waals surface area contributed by atoms with Gasteiger partial charge in [0.1, 0.15) is 28.9 Å².